The molecule has 1 aliphatic rings. The molecule has 168 valence electrons. The van der Waals surface area contributed by atoms with Gasteiger partial charge in [-0.25, -0.2) is 4.39 Å². The molecule has 0 atom stereocenters. The van der Waals surface area contributed by atoms with Crippen LogP contribution in [0.15, 0.2) is 75.4 Å². The molecular formula is C29H24FN3S. The Morgan fingerprint density at radius 1 is 0.941 bits per heavy atom. The number of rotatable bonds is 6. The first-order chi connectivity index (χ1) is 16.6. The number of isothiocyanates is 1. The lowest BCUT2D eigenvalue weighted by molar-refractivity contribution is 0.628. The van der Waals surface area contributed by atoms with Gasteiger partial charge in [0.25, 0.3) is 0 Å². The lowest BCUT2D eigenvalue weighted by Crippen LogP contribution is -1.95. The summed E-state index contributed by atoms with van der Waals surface area (Å²) in [7, 11) is 0. The summed E-state index contributed by atoms with van der Waals surface area (Å²) in [6, 6.07) is 16.0. The molecule has 0 heterocycles. The predicted molar refractivity (Wildman–Crippen MR) is 140 cm³/mol. The standard InChI is InChI=1S/C29H24FN3S/c1-3-5-21-16-23-10-9-22(26(4-2)27(23)17-21)8-6-20-7-15-29(28(30)18-20)33-32-25-13-11-24(12-14-25)31-19-34/h7,9-15,17-18H,3-5,16H2,1-2H3. The highest BCUT2D eigenvalue weighted by atomic mass is 32.1. The maximum Gasteiger partial charge on any atom is 0.151 e. The van der Waals surface area contributed by atoms with Gasteiger partial charge < -0.3 is 0 Å². The smallest absolute Gasteiger partial charge is 0.151 e. The van der Waals surface area contributed by atoms with E-state index in [-0.39, 0.29) is 5.69 Å². The van der Waals surface area contributed by atoms with Crippen molar-refractivity contribution in [2.45, 2.75) is 39.5 Å². The van der Waals surface area contributed by atoms with E-state index in [1.807, 2.05) is 0 Å². The van der Waals surface area contributed by atoms with Crippen molar-refractivity contribution in [2.24, 2.45) is 15.2 Å². The van der Waals surface area contributed by atoms with Crippen LogP contribution in [0.2, 0.25) is 0 Å². The van der Waals surface area contributed by atoms with Gasteiger partial charge >= 0.3 is 0 Å². The van der Waals surface area contributed by atoms with Crippen molar-refractivity contribution in [3.63, 3.8) is 0 Å². The van der Waals surface area contributed by atoms with Crippen LogP contribution in [0.1, 0.15) is 54.5 Å². The average molecular weight is 466 g/mol. The minimum Gasteiger partial charge on any atom is -0.204 e. The van der Waals surface area contributed by atoms with Crippen molar-refractivity contribution < 1.29 is 4.39 Å². The number of halogens is 1. The molecular weight excluding hydrogens is 441 g/mol. The Kier molecular flexibility index (Phi) is 7.54. The van der Waals surface area contributed by atoms with Crippen LogP contribution in [-0.4, -0.2) is 5.16 Å². The van der Waals surface area contributed by atoms with E-state index in [4.69, 9.17) is 0 Å². The number of hydrogen-bond acceptors (Lipinski definition) is 4. The summed E-state index contributed by atoms with van der Waals surface area (Å²) >= 11 is 4.59. The van der Waals surface area contributed by atoms with Gasteiger partial charge in [-0.15, -0.1) is 5.11 Å². The fraction of sp³-hybridized carbons (Fsp3) is 0.207. The number of aliphatic imine (C=N–C) groups is 1. The van der Waals surface area contributed by atoms with E-state index in [1.165, 1.54) is 28.3 Å². The van der Waals surface area contributed by atoms with Crippen LogP contribution in [0, 0.1) is 17.7 Å². The van der Waals surface area contributed by atoms with E-state index in [9.17, 15) is 4.39 Å². The summed E-state index contributed by atoms with van der Waals surface area (Å²) < 4.78 is 14.6. The molecule has 0 radical (unpaired) electrons. The molecule has 5 heteroatoms. The van der Waals surface area contributed by atoms with Gasteiger partial charge in [0.1, 0.15) is 5.69 Å². The molecule has 34 heavy (non-hydrogen) atoms. The summed E-state index contributed by atoms with van der Waals surface area (Å²) in [5.41, 5.74) is 8.49. The molecule has 0 bridgehead atoms. The Morgan fingerprint density at radius 3 is 2.44 bits per heavy atom. The van der Waals surface area contributed by atoms with E-state index in [0.29, 0.717) is 16.9 Å². The van der Waals surface area contributed by atoms with Crippen LogP contribution in [0.25, 0.3) is 6.08 Å². The Morgan fingerprint density at radius 2 is 1.74 bits per heavy atom. The first-order valence-electron chi connectivity index (χ1n) is 11.4. The SMILES string of the molecule is CCCC1=Cc2c(ccc(C#Cc3ccc(N=Nc4ccc(N=C=S)cc4)c(F)c3)c2CC)C1. The van der Waals surface area contributed by atoms with Crippen molar-refractivity contribution in [2.75, 3.05) is 0 Å². The molecule has 0 amide bonds. The fourth-order valence-electron chi connectivity index (χ4n) is 4.09. The van der Waals surface area contributed by atoms with Crippen molar-refractivity contribution >= 4 is 40.5 Å². The maximum atomic E-state index is 14.6. The van der Waals surface area contributed by atoms with Crippen LogP contribution < -0.4 is 0 Å². The van der Waals surface area contributed by atoms with Crippen molar-refractivity contribution in [3.05, 3.63) is 93.8 Å². The molecule has 3 nitrogen and oxygen atoms in total. The predicted octanol–water partition coefficient (Wildman–Crippen LogP) is 8.68. The second-order valence-corrected chi connectivity index (χ2v) is 8.27. The zero-order valence-corrected chi connectivity index (χ0v) is 20.0. The molecule has 0 fully saturated rings. The van der Waals surface area contributed by atoms with Crippen molar-refractivity contribution in [1.82, 2.24) is 0 Å². The molecule has 1 aliphatic carbocycles. The highest BCUT2D eigenvalue weighted by Crippen LogP contribution is 2.32. The van der Waals surface area contributed by atoms with Crippen LogP contribution in [0.4, 0.5) is 21.5 Å². The normalized spacial score (nSPS) is 12.0. The first-order valence-corrected chi connectivity index (χ1v) is 11.8. The van der Waals surface area contributed by atoms with Crippen LogP contribution in [-0.2, 0) is 12.8 Å². The number of nitrogens with zero attached hydrogens (tertiary/aromatic N) is 3. The molecule has 0 aromatic heterocycles. The maximum absolute atomic E-state index is 14.6. The second kappa shape index (κ2) is 10.9. The van der Waals surface area contributed by atoms with Crippen LogP contribution in [0.5, 0.6) is 0 Å². The molecule has 0 saturated carbocycles. The number of hydrogen-bond donors (Lipinski definition) is 0. The van der Waals surface area contributed by atoms with Crippen LogP contribution in [0.3, 0.4) is 0 Å². The zero-order valence-electron chi connectivity index (χ0n) is 19.2. The lowest BCUT2D eigenvalue weighted by atomic mass is 9.96. The third-order valence-corrected chi connectivity index (χ3v) is 5.82. The van der Waals surface area contributed by atoms with E-state index >= 15 is 0 Å². The molecule has 0 spiro atoms. The van der Waals surface area contributed by atoms with Gasteiger partial charge in [0, 0.05) is 11.1 Å². The number of azo groups is 1. The Bertz CT molecular complexity index is 1390. The van der Waals surface area contributed by atoms with E-state index in [1.54, 1.807) is 36.4 Å². The zero-order chi connectivity index (χ0) is 23.9. The molecule has 0 saturated heterocycles. The summed E-state index contributed by atoms with van der Waals surface area (Å²) in [5, 5.41) is 10.4. The van der Waals surface area contributed by atoms with E-state index < -0.39 is 5.82 Å². The number of fused-ring (bicyclic) bond motifs is 1. The van der Waals surface area contributed by atoms with Gasteiger partial charge in [0.15, 0.2) is 5.82 Å². The highest BCUT2D eigenvalue weighted by molar-refractivity contribution is 7.78. The minimum atomic E-state index is -0.464. The monoisotopic (exact) mass is 465 g/mol. The minimum absolute atomic E-state index is 0.159. The summed E-state index contributed by atoms with van der Waals surface area (Å²) in [4.78, 5) is 3.88. The molecule has 0 unspecified atom stereocenters. The molecule has 3 aromatic carbocycles. The van der Waals surface area contributed by atoms with Crippen molar-refractivity contribution in [3.8, 4) is 11.8 Å². The van der Waals surface area contributed by atoms with Gasteiger partial charge in [0.2, 0.25) is 0 Å². The summed E-state index contributed by atoms with van der Waals surface area (Å²) in [5.74, 6) is 5.91. The Labute approximate surface area is 205 Å². The van der Waals surface area contributed by atoms with Gasteiger partial charge in [-0.2, -0.15) is 10.1 Å². The topological polar surface area (TPSA) is 37.1 Å². The van der Waals surface area contributed by atoms with Gasteiger partial charge in [-0.05, 0) is 96.7 Å². The Hall–Kier alpha value is -3.71. The van der Waals surface area contributed by atoms with E-state index in [0.717, 1.165) is 31.2 Å². The van der Waals surface area contributed by atoms with Gasteiger partial charge in [-0.3, -0.25) is 0 Å². The van der Waals surface area contributed by atoms with Crippen molar-refractivity contribution in [1.29, 1.82) is 0 Å². The lowest BCUT2D eigenvalue weighted by Gasteiger charge is -2.08. The fourth-order valence-corrected chi connectivity index (χ4v) is 4.20. The quantitative estimate of drug-likeness (QED) is 0.155. The molecule has 4 rings (SSSR count). The third kappa shape index (κ3) is 5.43. The largest absolute Gasteiger partial charge is 0.204 e. The first kappa shape index (κ1) is 23.4. The summed E-state index contributed by atoms with van der Waals surface area (Å²) in [6.07, 6.45) is 6.58. The van der Waals surface area contributed by atoms with Gasteiger partial charge in [0.05, 0.1) is 16.5 Å². The molecule has 3 aromatic rings. The second-order valence-electron chi connectivity index (χ2n) is 8.08. The Balaban J connectivity index is 1.54. The highest BCUT2D eigenvalue weighted by Gasteiger charge is 2.16. The molecule has 0 N–H and O–H groups in total. The number of allylic oxidation sites excluding steroid dienone is 1. The average Bonchev–Trinajstić information content (AvgIpc) is 3.26. The van der Waals surface area contributed by atoms with E-state index in [2.05, 4.69) is 76.5 Å². The molecule has 0 aliphatic heterocycles. The third-order valence-electron chi connectivity index (χ3n) is 5.72. The number of benzene rings is 3. The van der Waals surface area contributed by atoms with Gasteiger partial charge in [-0.1, -0.05) is 49.8 Å². The number of thiocarbonyl (C=S) groups is 1. The van der Waals surface area contributed by atoms with Crippen LogP contribution >= 0.6 is 12.2 Å². The summed E-state index contributed by atoms with van der Waals surface area (Å²) in [6.45, 7) is 4.37.